The van der Waals surface area contributed by atoms with E-state index >= 15 is 0 Å². The van der Waals surface area contributed by atoms with Gasteiger partial charge in [-0.1, -0.05) is 27.7 Å². The van der Waals surface area contributed by atoms with Gasteiger partial charge in [0.15, 0.2) is 0 Å². The zero-order valence-electron chi connectivity index (χ0n) is 8.99. The van der Waals surface area contributed by atoms with Gasteiger partial charge in [-0.15, -0.1) is 0 Å². The van der Waals surface area contributed by atoms with E-state index in [9.17, 15) is 10.2 Å². The van der Waals surface area contributed by atoms with Gasteiger partial charge in [-0.2, -0.15) is 0 Å². The predicted octanol–water partition coefficient (Wildman–Crippen LogP) is 0.773. The van der Waals surface area contributed by atoms with Gasteiger partial charge >= 0.3 is 0 Å². The third kappa shape index (κ3) is 5.24. The molecule has 0 bridgehead atoms. The Morgan fingerprint density at radius 3 is 1.92 bits per heavy atom. The maximum absolute atomic E-state index is 9.59. The molecule has 0 heterocycles. The van der Waals surface area contributed by atoms with Crippen LogP contribution in [-0.2, 0) is 0 Å². The summed E-state index contributed by atoms with van der Waals surface area (Å²) in [6.07, 6.45) is -1.04. The molecule has 3 heteroatoms. The second kappa shape index (κ2) is 4.94. The minimum atomic E-state index is -0.829. The summed E-state index contributed by atoms with van der Waals surface area (Å²) in [5.74, 6) is -0.266. The molecule has 0 unspecified atom stereocenters. The monoisotopic (exact) mass is 190 g/mol. The molecule has 0 aromatic rings. The van der Waals surface area contributed by atoms with Crippen molar-refractivity contribution in [2.45, 2.75) is 46.3 Å². The van der Waals surface area contributed by atoms with Gasteiger partial charge in [0.1, 0.15) is 0 Å². The van der Waals surface area contributed by atoms with Crippen LogP contribution in [0.4, 0.5) is 0 Å². The molecule has 0 amide bonds. The Kier molecular flexibility index (Phi) is 4.89. The lowest BCUT2D eigenvalue weighted by atomic mass is 9.85. The second-order valence-electron chi connectivity index (χ2n) is 4.98. The minimum absolute atomic E-state index is 0.00439. The number of aliphatic hydroxyl groups is 3. The van der Waals surface area contributed by atoms with Gasteiger partial charge in [0, 0.05) is 12.5 Å². The molecule has 0 aliphatic carbocycles. The van der Waals surface area contributed by atoms with E-state index in [-0.39, 0.29) is 17.9 Å². The summed E-state index contributed by atoms with van der Waals surface area (Å²) in [7, 11) is 0. The lowest BCUT2D eigenvalue weighted by Crippen LogP contribution is -2.36. The second-order valence-corrected chi connectivity index (χ2v) is 4.98. The Hall–Kier alpha value is -0.120. The highest BCUT2D eigenvalue weighted by Gasteiger charge is 2.26. The average Bonchev–Trinajstić information content (AvgIpc) is 1.98. The van der Waals surface area contributed by atoms with Gasteiger partial charge in [-0.05, 0) is 11.8 Å². The summed E-state index contributed by atoms with van der Waals surface area (Å²) in [4.78, 5) is 0. The standard InChI is InChI=1S/C10H22O3/c1-7(6-11)9(13)8(12)5-10(2,3)4/h7-9,11-13H,5-6H2,1-4H3/t7-,8-,9+/m1/s1. The minimum Gasteiger partial charge on any atom is -0.396 e. The zero-order chi connectivity index (χ0) is 10.6. The SMILES string of the molecule is C[C@H](CO)[C@H](O)[C@H](O)CC(C)(C)C. The highest BCUT2D eigenvalue weighted by molar-refractivity contribution is 4.77. The van der Waals surface area contributed by atoms with Crippen molar-refractivity contribution in [3.05, 3.63) is 0 Å². The molecule has 0 saturated carbocycles. The molecule has 0 aromatic heterocycles. The molecule has 0 saturated heterocycles. The average molecular weight is 190 g/mol. The summed E-state index contributed by atoms with van der Waals surface area (Å²) in [6, 6.07) is 0. The van der Waals surface area contributed by atoms with Gasteiger partial charge in [-0.3, -0.25) is 0 Å². The Bertz CT molecular complexity index is 140. The molecule has 3 nitrogen and oxygen atoms in total. The van der Waals surface area contributed by atoms with Crippen molar-refractivity contribution >= 4 is 0 Å². The quantitative estimate of drug-likeness (QED) is 0.613. The van der Waals surface area contributed by atoms with E-state index in [1.54, 1.807) is 6.92 Å². The Balaban J connectivity index is 4.03. The van der Waals surface area contributed by atoms with E-state index in [0.717, 1.165) is 0 Å². The van der Waals surface area contributed by atoms with E-state index in [1.165, 1.54) is 0 Å². The van der Waals surface area contributed by atoms with E-state index in [1.807, 2.05) is 20.8 Å². The van der Waals surface area contributed by atoms with Crippen molar-refractivity contribution in [3.8, 4) is 0 Å². The highest BCUT2D eigenvalue weighted by atomic mass is 16.3. The van der Waals surface area contributed by atoms with Gasteiger partial charge in [-0.25, -0.2) is 0 Å². The molecule has 0 spiro atoms. The van der Waals surface area contributed by atoms with E-state index in [4.69, 9.17) is 5.11 Å². The lowest BCUT2D eigenvalue weighted by molar-refractivity contribution is -0.0428. The fourth-order valence-corrected chi connectivity index (χ4v) is 1.24. The fraction of sp³-hybridized carbons (Fsp3) is 1.00. The molecule has 3 N–H and O–H groups in total. The van der Waals surface area contributed by atoms with Crippen LogP contribution >= 0.6 is 0 Å². The summed E-state index contributed by atoms with van der Waals surface area (Å²) in [6.45, 7) is 7.64. The van der Waals surface area contributed by atoms with Gasteiger partial charge in [0.25, 0.3) is 0 Å². The first-order valence-corrected chi connectivity index (χ1v) is 4.75. The fourth-order valence-electron chi connectivity index (χ4n) is 1.24. The maximum Gasteiger partial charge on any atom is 0.0846 e. The molecule has 13 heavy (non-hydrogen) atoms. The highest BCUT2D eigenvalue weighted by Crippen LogP contribution is 2.23. The largest absolute Gasteiger partial charge is 0.396 e. The number of hydrogen-bond acceptors (Lipinski definition) is 3. The van der Waals surface area contributed by atoms with Crippen molar-refractivity contribution < 1.29 is 15.3 Å². The van der Waals surface area contributed by atoms with E-state index < -0.39 is 12.2 Å². The first kappa shape index (κ1) is 12.9. The van der Waals surface area contributed by atoms with Crippen molar-refractivity contribution in [2.75, 3.05) is 6.61 Å². The van der Waals surface area contributed by atoms with Crippen LogP contribution in [0.15, 0.2) is 0 Å². The van der Waals surface area contributed by atoms with Crippen LogP contribution < -0.4 is 0 Å². The molecule has 0 rings (SSSR count). The van der Waals surface area contributed by atoms with Crippen LogP contribution in [0.1, 0.15) is 34.1 Å². The van der Waals surface area contributed by atoms with Crippen molar-refractivity contribution in [1.29, 1.82) is 0 Å². The molecular weight excluding hydrogens is 168 g/mol. The summed E-state index contributed by atoms with van der Waals surface area (Å²) >= 11 is 0. The van der Waals surface area contributed by atoms with Crippen LogP contribution in [0.5, 0.6) is 0 Å². The van der Waals surface area contributed by atoms with Crippen LogP contribution in [0, 0.1) is 11.3 Å². The summed E-state index contributed by atoms with van der Waals surface area (Å²) in [5, 5.41) is 27.9. The first-order chi connectivity index (χ1) is 5.78. The van der Waals surface area contributed by atoms with Crippen LogP contribution in [0.25, 0.3) is 0 Å². The van der Waals surface area contributed by atoms with Crippen molar-refractivity contribution in [2.24, 2.45) is 11.3 Å². The molecule has 0 radical (unpaired) electrons. The van der Waals surface area contributed by atoms with Crippen LogP contribution in [-0.4, -0.2) is 34.1 Å². The Labute approximate surface area is 80.4 Å². The van der Waals surface area contributed by atoms with Crippen molar-refractivity contribution in [3.63, 3.8) is 0 Å². The number of rotatable bonds is 4. The Morgan fingerprint density at radius 1 is 1.15 bits per heavy atom. The molecule has 3 atom stereocenters. The van der Waals surface area contributed by atoms with Gasteiger partial charge in [0.05, 0.1) is 12.2 Å². The number of hydrogen-bond donors (Lipinski definition) is 3. The zero-order valence-corrected chi connectivity index (χ0v) is 8.99. The number of aliphatic hydroxyl groups excluding tert-OH is 3. The summed E-state index contributed by atoms with van der Waals surface area (Å²) in [5.41, 5.74) is -0.00439. The lowest BCUT2D eigenvalue weighted by Gasteiger charge is -2.28. The van der Waals surface area contributed by atoms with Crippen LogP contribution in [0.2, 0.25) is 0 Å². The smallest absolute Gasteiger partial charge is 0.0846 e. The van der Waals surface area contributed by atoms with Gasteiger partial charge < -0.3 is 15.3 Å². The molecule has 0 aliphatic rings. The first-order valence-electron chi connectivity index (χ1n) is 4.75. The topological polar surface area (TPSA) is 60.7 Å². The third-order valence-corrected chi connectivity index (χ3v) is 2.09. The van der Waals surface area contributed by atoms with Gasteiger partial charge in [0.2, 0.25) is 0 Å². The Morgan fingerprint density at radius 2 is 1.62 bits per heavy atom. The van der Waals surface area contributed by atoms with E-state index in [2.05, 4.69) is 0 Å². The molecular formula is C10H22O3. The maximum atomic E-state index is 9.59. The van der Waals surface area contributed by atoms with E-state index in [0.29, 0.717) is 6.42 Å². The normalized spacial score (nSPS) is 19.6. The summed E-state index contributed by atoms with van der Waals surface area (Å²) < 4.78 is 0. The molecule has 80 valence electrons. The predicted molar refractivity (Wildman–Crippen MR) is 52.3 cm³/mol. The molecule has 0 aliphatic heterocycles. The van der Waals surface area contributed by atoms with Crippen LogP contribution in [0.3, 0.4) is 0 Å². The molecule has 0 fully saturated rings. The van der Waals surface area contributed by atoms with Crippen molar-refractivity contribution in [1.82, 2.24) is 0 Å². The molecule has 0 aromatic carbocycles. The third-order valence-electron chi connectivity index (χ3n) is 2.09.